The second kappa shape index (κ2) is 6.92. The zero-order valence-electron chi connectivity index (χ0n) is 13.0. The molecule has 0 aliphatic heterocycles. The topological polar surface area (TPSA) is 56.1 Å². The summed E-state index contributed by atoms with van der Waals surface area (Å²) in [6.07, 6.45) is 8.92. The highest BCUT2D eigenvalue weighted by molar-refractivity contribution is 5.87. The maximum absolute atomic E-state index is 12.3. The zero-order chi connectivity index (χ0) is 15.4. The summed E-state index contributed by atoms with van der Waals surface area (Å²) < 4.78 is 7.21. The van der Waals surface area contributed by atoms with Gasteiger partial charge in [0.2, 0.25) is 5.91 Å². The maximum atomic E-state index is 12.3. The summed E-state index contributed by atoms with van der Waals surface area (Å²) >= 11 is 0. The SMILES string of the molecule is COCCn1cc(CC(=O)NC2CCCC2)c2cccnc21. The van der Waals surface area contributed by atoms with Crippen LogP contribution in [-0.4, -0.2) is 35.2 Å². The lowest BCUT2D eigenvalue weighted by Gasteiger charge is -2.11. The summed E-state index contributed by atoms with van der Waals surface area (Å²) in [4.78, 5) is 16.7. The van der Waals surface area contributed by atoms with Crippen molar-refractivity contribution < 1.29 is 9.53 Å². The molecule has 0 spiro atoms. The average molecular weight is 301 g/mol. The van der Waals surface area contributed by atoms with Gasteiger partial charge in [0.15, 0.2) is 0 Å². The summed E-state index contributed by atoms with van der Waals surface area (Å²) in [7, 11) is 1.69. The first-order chi connectivity index (χ1) is 10.8. The largest absolute Gasteiger partial charge is 0.383 e. The molecular weight excluding hydrogens is 278 g/mol. The van der Waals surface area contributed by atoms with Crippen LogP contribution in [0.5, 0.6) is 0 Å². The molecule has 1 fully saturated rings. The molecule has 0 radical (unpaired) electrons. The Kier molecular flexibility index (Phi) is 4.73. The number of rotatable bonds is 6. The number of hydrogen-bond donors (Lipinski definition) is 1. The summed E-state index contributed by atoms with van der Waals surface area (Å²) in [5.74, 6) is 0.113. The van der Waals surface area contributed by atoms with Crippen molar-refractivity contribution in [2.45, 2.75) is 44.7 Å². The summed E-state index contributed by atoms with van der Waals surface area (Å²) in [6, 6.07) is 4.32. The number of ether oxygens (including phenoxy) is 1. The van der Waals surface area contributed by atoms with Crippen molar-refractivity contribution in [3.05, 3.63) is 30.1 Å². The van der Waals surface area contributed by atoms with E-state index in [-0.39, 0.29) is 5.91 Å². The normalized spacial score (nSPS) is 15.5. The molecule has 2 aromatic rings. The second-order valence-electron chi connectivity index (χ2n) is 5.94. The molecule has 0 unspecified atom stereocenters. The van der Waals surface area contributed by atoms with Crippen LogP contribution in [0.3, 0.4) is 0 Å². The number of nitrogens with zero attached hydrogens (tertiary/aromatic N) is 2. The molecule has 2 heterocycles. The van der Waals surface area contributed by atoms with E-state index < -0.39 is 0 Å². The van der Waals surface area contributed by atoms with E-state index >= 15 is 0 Å². The zero-order valence-corrected chi connectivity index (χ0v) is 13.0. The molecule has 3 rings (SSSR count). The number of amides is 1. The highest BCUT2D eigenvalue weighted by atomic mass is 16.5. The smallest absolute Gasteiger partial charge is 0.224 e. The minimum absolute atomic E-state index is 0.113. The minimum atomic E-state index is 0.113. The molecule has 1 aliphatic carbocycles. The number of nitrogens with one attached hydrogen (secondary N) is 1. The Labute approximate surface area is 130 Å². The van der Waals surface area contributed by atoms with Gasteiger partial charge in [0.1, 0.15) is 5.65 Å². The Balaban J connectivity index is 1.76. The highest BCUT2D eigenvalue weighted by Crippen LogP contribution is 2.21. The first kappa shape index (κ1) is 15.0. The molecule has 118 valence electrons. The quantitative estimate of drug-likeness (QED) is 0.890. The third-order valence-electron chi connectivity index (χ3n) is 4.32. The van der Waals surface area contributed by atoms with Crippen molar-refractivity contribution >= 4 is 16.9 Å². The predicted molar refractivity (Wildman–Crippen MR) is 85.7 cm³/mol. The summed E-state index contributed by atoms with van der Waals surface area (Å²) in [5.41, 5.74) is 1.96. The van der Waals surface area contributed by atoms with Gasteiger partial charge >= 0.3 is 0 Å². The first-order valence-corrected chi connectivity index (χ1v) is 7.99. The molecule has 1 aliphatic rings. The van der Waals surface area contributed by atoms with E-state index in [1.54, 1.807) is 13.3 Å². The number of methoxy groups -OCH3 is 1. The van der Waals surface area contributed by atoms with Crippen LogP contribution in [0.25, 0.3) is 11.0 Å². The van der Waals surface area contributed by atoms with Gasteiger partial charge in [-0.15, -0.1) is 0 Å². The molecule has 0 atom stereocenters. The van der Waals surface area contributed by atoms with Crippen LogP contribution < -0.4 is 5.32 Å². The number of fused-ring (bicyclic) bond motifs is 1. The van der Waals surface area contributed by atoms with Crippen molar-refractivity contribution in [1.82, 2.24) is 14.9 Å². The lowest BCUT2D eigenvalue weighted by Crippen LogP contribution is -2.33. The Morgan fingerprint density at radius 2 is 2.27 bits per heavy atom. The van der Waals surface area contributed by atoms with Gasteiger partial charge in [-0.05, 0) is 30.5 Å². The molecule has 5 heteroatoms. The minimum Gasteiger partial charge on any atom is -0.383 e. The number of aromatic nitrogens is 2. The molecule has 1 N–H and O–H groups in total. The van der Waals surface area contributed by atoms with E-state index in [4.69, 9.17) is 4.74 Å². The number of pyridine rings is 1. The number of carbonyl (C=O) groups is 1. The van der Waals surface area contributed by atoms with Crippen LogP contribution >= 0.6 is 0 Å². The fraction of sp³-hybridized carbons (Fsp3) is 0.529. The number of carbonyl (C=O) groups excluding carboxylic acids is 1. The summed E-state index contributed by atoms with van der Waals surface area (Å²) in [5, 5.41) is 4.21. The van der Waals surface area contributed by atoms with Crippen LogP contribution in [0.15, 0.2) is 24.5 Å². The van der Waals surface area contributed by atoms with Crippen LogP contribution in [0.4, 0.5) is 0 Å². The average Bonchev–Trinajstić information content (AvgIpc) is 3.14. The van der Waals surface area contributed by atoms with Crippen molar-refractivity contribution in [3.63, 3.8) is 0 Å². The Morgan fingerprint density at radius 1 is 1.45 bits per heavy atom. The number of hydrogen-bond acceptors (Lipinski definition) is 3. The highest BCUT2D eigenvalue weighted by Gasteiger charge is 2.18. The van der Waals surface area contributed by atoms with E-state index in [9.17, 15) is 4.79 Å². The second-order valence-corrected chi connectivity index (χ2v) is 5.94. The Bertz CT molecular complexity index is 644. The lowest BCUT2D eigenvalue weighted by molar-refractivity contribution is -0.121. The van der Waals surface area contributed by atoms with Gasteiger partial charge in [0, 0.05) is 37.5 Å². The van der Waals surface area contributed by atoms with Gasteiger partial charge in [-0.3, -0.25) is 4.79 Å². The van der Waals surface area contributed by atoms with Gasteiger partial charge < -0.3 is 14.6 Å². The molecule has 0 aromatic carbocycles. The fourth-order valence-corrected chi connectivity index (χ4v) is 3.22. The van der Waals surface area contributed by atoms with Crippen LogP contribution in [0.2, 0.25) is 0 Å². The molecular formula is C17H23N3O2. The van der Waals surface area contributed by atoms with Crippen molar-refractivity contribution in [1.29, 1.82) is 0 Å². The Morgan fingerprint density at radius 3 is 3.05 bits per heavy atom. The fourth-order valence-electron chi connectivity index (χ4n) is 3.22. The van der Waals surface area contributed by atoms with E-state index in [0.717, 1.165) is 36.0 Å². The van der Waals surface area contributed by atoms with Gasteiger partial charge in [-0.25, -0.2) is 4.98 Å². The van der Waals surface area contributed by atoms with Crippen molar-refractivity contribution in [2.75, 3.05) is 13.7 Å². The molecule has 2 aromatic heterocycles. The molecule has 0 saturated heterocycles. The summed E-state index contributed by atoms with van der Waals surface area (Å²) in [6.45, 7) is 1.38. The van der Waals surface area contributed by atoms with Gasteiger partial charge in [0.25, 0.3) is 0 Å². The lowest BCUT2D eigenvalue weighted by atomic mass is 10.1. The molecule has 5 nitrogen and oxygen atoms in total. The van der Waals surface area contributed by atoms with Gasteiger partial charge in [0.05, 0.1) is 13.0 Å². The maximum Gasteiger partial charge on any atom is 0.224 e. The van der Waals surface area contributed by atoms with Crippen LogP contribution in [-0.2, 0) is 22.5 Å². The first-order valence-electron chi connectivity index (χ1n) is 7.99. The van der Waals surface area contributed by atoms with E-state index in [0.29, 0.717) is 19.1 Å². The third kappa shape index (κ3) is 3.30. The van der Waals surface area contributed by atoms with Gasteiger partial charge in [-0.1, -0.05) is 12.8 Å². The standard InChI is InChI=1S/C17H23N3O2/c1-22-10-9-20-12-13(15-7-4-8-18-17(15)20)11-16(21)19-14-5-2-3-6-14/h4,7-8,12,14H,2-3,5-6,9-11H2,1H3,(H,19,21). The van der Waals surface area contributed by atoms with Crippen LogP contribution in [0.1, 0.15) is 31.2 Å². The molecule has 1 saturated carbocycles. The van der Waals surface area contributed by atoms with Crippen molar-refractivity contribution in [3.8, 4) is 0 Å². The molecule has 22 heavy (non-hydrogen) atoms. The van der Waals surface area contributed by atoms with Gasteiger partial charge in [-0.2, -0.15) is 0 Å². The predicted octanol–water partition coefficient (Wildman–Crippen LogP) is 2.28. The Hall–Kier alpha value is -1.88. The monoisotopic (exact) mass is 301 g/mol. The van der Waals surface area contributed by atoms with Crippen LogP contribution in [0, 0.1) is 0 Å². The van der Waals surface area contributed by atoms with E-state index in [1.165, 1.54) is 12.8 Å². The molecule has 0 bridgehead atoms. The van der Waals surface area contributed by atoms with Crippen molar-refractivity contribution in [2.24, 2.45) is 0 Å². The van der Waals surface area contributed by atoms with E-state index in [2.05, 4.69) is 14.9 Å². The molecule has 1 amide bonds. The third-order valence-corrected chi connectivity index (χ3v) is 4.32. The van der Waals surface area contributed by atoms with E-state index in [1.807, 2.05) is 18.3 Å².